The summed E-state index contributed by atoms with van der Waals surface area (Å²) in [6.07, 6.45) is -6.64. The van der Waals surface area contributed by atoms with Crippen LogP contribution in [0.5, 0.6) is 0 Å². The molecule has 0 saturated carbocycles. The smallest absolute Gasteiger partial charge is 0.387 e. The van der Waals surface area contributed by atoms with E-state index in [4.69, 9.17) is 11.6 Å². The minimum Gasteiger partial charge on any atom is -0.387 e. The van der Waals surface area contributed by atoms with Crippen LogP contribution in [0.3, 0.4) is 0 Å². The Labute approximate surface area is 146 Å². The number of carbonyl (C=O) groups is 1. The summed E-state index contributed by atoms with van der Waals surface area (Å²) in [5.74, 6) is -2.86. The Morgan fingerprint density at radius 2 is 1.68 bits per heavy atom. The highest BCUT2D eigenvalue weighted by Gasteiger charge is 2.53. The number of nitrogens with zero attached hydrogens (tertiary/aromatic N) is 2. The van der Waals surface area contributed by atoms with Gasteiger partial charge in [0, 0.05) is 10.6 Å². The number of aliphatic hydroxyl groups excluding tert-OH is 1. The first-order chi connectivity index (χ1) is 11.8. The Morgan fingerprint density at radius 1 is 1.08 bits per heavy atom. The molecule has 130 valence electrons. The molecule has 2 atom stereocenters. The van der Waals surface area contributed by atoms with E-state index in [0.29, 0.717) is 5.01 Å². The van der Waals surface area contributed by atoms with Gasteiger partial charge >= 0.3 is 6.18 Å². The van der Waals surface area contributed by atoms with Crippen molar-refractivity contribution in [1.29, 1.82) is 0 Å². The van der Waals surface area contributed by atoms with Crippen LogP contribution in [0.4, 0.5) is 18.9 Å². The van der Waals surface area contributed by atoms with Gasteiger partial charge in [-0.2, -0.15) is 23.3 Å². The topological polar surface area (TPSA) is 52.9 Å². The Balaban J connectivity index is 2.05. The molecule has 25 heavy (non-hydrogen) atoms. The normalized spacial score (nSPS) is 19.1. The van der Waals surface area contributed by atoms with E-state index in [1.165, 1.54) is 30.3 Å². The molecule has 1 N–H and O–H groups in total. The molecule has 1 aliphatic heterocycles. The van der Waals surface area contributed by atoms with Crippen molar-refractivity contribution >= 4 is 28.9 Å². The summed E-state index contributed by atoms with van der Waals surface area (Å²) >= 11 is 5.95. The van der Waals surface area contributed by atoms with Crippen molar-refractivity contribution in [1.82, 2.24) is 0 Å². The highest BCUT2D eigenvalue weighted by molar-refractivity contribution is 6.31. The van der Waals surface area contributed by atoms with E-state index in [-0.39, 0.29) is 16.3 Å². The molecule has 0 unspecified atom stereocenters. The molecule has 3 rings (SSSR count). The number of hydrazone groups is 1. The predicted molar refractivity (Wildman–Crippen MR) is 87.3 cm³/mol. The van der Waals surface area contributed by atoms with Gasteiger partial charge in [0.15, 0.2) is 5.71 Å². The van der Waals surface area contributed by atoms with Crippen molar-refractivity contribution in [3.8, 4) is 0 Å². The van der Waals surface area contributed by atoms with Gasteiger partial charge in [-0.25, -0.2) is 0 Å². The standard InChI is InChI=1S/C17H12ClF3N2O2/c18-12-9-5-4-8-11(12)14(24)13-15(17(19,20)21)22-23(16(13)25)10-6-2-1-3-7-10/h1-9,13-14,24H/t13-,14-/m0/s1. The molecule has 0 spiro atoms. The van der Waals surface area contributed by atoms with Crippen LogP contribution < -0.4 is 5.01 Å². The molecule has 8 heteroatoms. The van der Waals surface area contributed by atoms with E-state index in [9.17, 15) is 23.1 Å². The van der Waals surface area contributed by atoms with E-state index < -0.39 is 29.8 Å². The van der Waals surface area contributed by atoms with Gasteiger partial charge in [-0.15, -0.1) is 0 Å². The molecule has 0 bridgehead atoms. The van der Waals surface area contributed by atoms with Crippen molar-refractivity contribution < 1.29 is 23.1 Å². The second-order valence-corrected chi connectivity index (χ2v) is 5.82. The first kappa shape index (κ1) is 17.4. The molecule has 4 nitrogen and oxygen atoms in total. The maximum absolute atomic E-state index is 13.4. The van der Waals surface area contributed by atoms with E-state index in [0.717, 1.165) is 0 Å². The fourth-order valence-electron chi connectivity index (χ4n) is 2.63. The number of halogens is 4. The van der Waals surface area contributed by atoms with Crippen LogP contribution in [0.2, 0.25) is 5.02 Å². The minimum atomic E-state index is -4.87. The van der Waals surface area contributed by atoms with E-state index in [2.05, 4.69) is 5.10 Å². The van der Waals surface area contributed by atoms with Crippen LogP contribution in [0.25, 0.3) is 0 Å². The third-order valence-electron chi connectivity index (χ3n) is 3.81. The number of anilines is 1. The van der Waals surface area contributed by atoms with Gasteiger partial charge in [-0.1, -0.05) is 48.0 Å². The predicted octanol–water partition coefficient (Wildman–Crippen LogP) is 3.95. The first-order valence-corrected chi connectivity index (χ1v) is 7.65. The second-order valence-electron chi connectivity index (χ2n) is 5.41. The van der Waals surface area contributed by atoms with Crippen molar-refractivity contribution in [2.75, 3.05) is 5.01 Å². The SMILES string of the molecule is O=C1[C@@H]([C@@H](O)c2ccccc2Cl)C(C(F)(F)F)=NN1c1ccccc1. The number of hydrogen-bond donors (Lipinski definition) is 1. The Bertz CT molecular complexity index is 824. The Hall–Kier alpha value is -2.38. The van der Waals surface area contributed by atoms with Crippen LogP contribution in [-0.2, 0) is 4.79 Å². The van der Waals surface area contributed by atoms with Gasteiger partial charge in [0.25, 0.3) is 5.91 Å². The number of aliphatic hydroxyl groups is 1. The summed E-state index contributed by atoms with van der Waals surface area (Å²) in [6.45, 7) is 0. The molecule has 1 aliphatic rings. The Morgan fingerprint density at radius 3 is 2.28 bits per heavy atom. The van der Waals surface area contributed by atoms with Crippen LogP contribution in [0, 0.1) is 5.92 Å². The molecule has 0 aliphatic carbocycles. The van der Waals surface area contributed by atoms with Crippen molar-refractivity contribution in [2.45, 2.75) is 12.3 Å². The van der Waals surface area contributed by atoms with Crippen molar-refractivity contribution in [2.24, 2.45) is 11.0 Å². The molecule has 0 saturated heterocycles. The van der Waals surface area contributed by atoms with Gasteiger partial charge in [-0.05, 0) is 18.2 Å². The fourth-order valence-corrected chi connectivity index (χ4v) is 2.88. The summed E-state index contributed by atoms with van der Waals surface area (Å²) in [5.41, 5.74) is -1.13. The number of para-hydroxylation sites is 1. The zero-order chi connectivity index (χ0) is 18.2. The molecule has 1 amide bonds. The summed E-state index contributed by atoms with van der Waals surface area (Å²) in [5, 5.41) is 14.6. The number of rotatable bonds is 3. The molecular weight excluding hydrogens is 357 g/mol. The summed E-state index contributed by atoms with van der Waals surface area (Å²) < 4.78 is 40.2. The van der Waals surface area contributed by atoms with Gasteiger partial charge in [0.1, 0.15) is 5.92 Å². The molecule has 2 aromatic rings. The average molecular weight is 369 g/mol. The number of alkyl halides is 3. The highest BCUT2D eigenvalue weighted by atomic mass is 35.5. The van der Waals surface area contributed by atoms with Gasteiger partial charge in [0.05, 0.1) is 11.8 Å². The van der Waals surface area contributed by atoms with Crippen LogP contribution in [0.1, 0.15) is 11.7 Å². The zero-order valence-corrected chi connectivity index (χ0v) is 13.4. The third kappa shape index (κ3) is 3.25. The number of hydrogen-bond acceptors (Lipinski definition) is 3. The third-order valence-corrected chi connectivity index (χ3v) is 4.15. The van der Waals surface area contributed by atoms with Crippen molar-refractivity contribution in [3.63, 3.8) is 0 Å². The lowest BCUT2D eigenvalue weighted by Gasteiger charge is -2.21. The number of benzene rings is 2. The van der Waals surface area contributed by atoms with Crippen LogP contribution in [0.15, 0.2) is 59.7 Å². The lowest BCUT2D eigenvalue weighted by Crippen LogP contribution is -2.37. The first-order valence-electron chi connectivity index (χ1n) is 7.28. The van der Waals surface area contributed by atoms with Gasteiger partial charge < -0.3 is 5.11 Å². The monoisotopic (exact) mass is 368 g/mol. The maximum atomic E-state index is 13.4. The lowest BCUT2D eigenvalue weighted by atomic mass is 9.91. The average Bonchev–Trinajstić information content (AvgIpc) is 2.93. The largest absolute Gasteiger partial charge is 0.432 e. The molecule has 0 radical (unpaired) electrons. The van der Waals surface area contributed by atoms with Gasteiger partial charge in [0.2, 0.25) is 0 Å². The number of carbonyl (C=O) groups excluding carboxylic acids is 1. The van der Waals surface area contributed by atoms with E-state index in [1.807, 2.05) is 0 Å². The molecule has 1 heterocycles. The highest BCUT2D eigenvalue weighted by Crippen LogP contribution is 2.39. The zero-order valence-electron chi connectivity index (χ0n) is 12.6. The van der Waals surface area contributed by atoms with Crippen LogP contribution >= 0.6 is 11.6 Å². The fraction of sp³-hybridized carbons (Fsp3) is 0.176. The summed E-state index contributed by atoms with van der Waals surface area (Å²) in [7, 11) is 0. The summed E-state index contributed by atoms with van der Waals surface area (Å²) in [6, 6.07) is 13.6. The molecular formula is C17H12ClF3N2O2. The van der Waals surface area contributed by atoms with E-state index in [1.54, 1.807) is 24.3 Å². The van der Waals surface area contributed by atoms with Gasteiger partial charge in [-0.3, -0.25) is 4.79 Å². The van der Waals surface area contributed by atoms with E-state index >= 15 is 0 Å². The lowest BCUT2D eigenvalue weighted by molar-refractivity contribution is -0.123. The minimum absolute atomic E-state index is 0.0365. The molecule has 0 aromatic heterocycles. The summed E-state index contributed by atoms with van der Waals surface area (Å²) in [4.78, 5) is 12.6. The molecule has 0 fully saturated rings. The van der Waals surface area contributed by atoms with Crippen LogP contribution in [-0.4, -0.2) is 22.9 Å². The second kappa shape index (κ2) is 6.50. The van der Waals surface area contributed by atoms with Crippen molar-refractivity contribution in [3.05, 3.63) is 65.2 Å². The maximum Gasteiger partial charge on any atom is 0.432 e. The Kier molecular flexibility index (Phi) is 4.53. The molecule has 2 aromatic carbocycles. The number of amides is 1. The quantitative estimate of drug-likeness (QED) is 0.891.